The molecule has 1 aromatic heterocycles. The van der Waals surface area contributed by atoms with Crippen LogP contribution in [0, 0.1) is 11.3 Å². The molecule has 5 aromatic rings. The number of rotatable bonds is 10. The second-order valence-electron chi connectivity index (χ2n) is 10.8. The minimum absolute atomic E-state index is 0.162. The lowest BCUT2D eigenvalue weighted by atomic mass is 10.1. The molecule has 0 aliphatic rings. The van der Waals surface area contributed by atoms with Crippen molar-refractivity contribution in [3.63, 3.8) is 0 Å². The Balaban J connectivity index is 1.32. The molecule has 10 heteroatoms. The highest BCUT2D eigenvalue weighted by Crippen LogP contribution is 2.35. The highest BCUT2D eigenvalue weighted by Gasteiger charge is 2.30. The molecule has 232 valence electrons. The van der Waals surface area contributed by atoms with E-state index in [-0.39, 0.29) is 12.5 Å². The molecule has 0 unspecified atom stereocenters. The summed E-state index contributed by atoms with van der Waals surface area (Å²) in [6.07, 6.45) is 0.999. The van der Waals surface area contributed by atoms with Gasteiger partial charge in [0.2, 0.25) is 0 Å². The number of likely N-dealkylation sites (N-methyl/N-ethyl adjacent to an activating group) is 1. The maximum atomic E-state index is 12.7. The fraction of sp³-hybridized carbons (Fsp3) is 0.167. The van der Waals surface area contributed by atoms with Crippen LogP contribution in [0.15, 0.2) is 103 Å². The van der Waals surface area contributed by atoms with Crippen LogP contribution in [0.3, 0.4) is 0 Å². The average molecular weight is 616 g/mol. The molecule has 2 N–H and O–H groups in total. The van der Waals surface area contributed by atoms with Gasteiger partial charge in [0.15, 0.2) is 17.1 Å². The van der Waals surface area contributed by atoms with E-state index in [9.17, 15) is 14.9 Å². The molecule has 0 atom stereocenters. The summed E-state index contributed by atoms with van der Waals surface area (Å²) in [7, 11) is 3.19. The number of fused-ring (bicyclic) bond motifs is 1. The molecule has 2 amide bonds. The monoisotopic (exact) mass is 615 g/mol. The van der Waals surface area contributed by atoms with Crippen LogP contribution in [0.4, 0.5) is 21.9 Å². The molecule has 1 heterocycles. The van der Waals surface area contributed by atoms with E-state index >= 15 is 0 Å². The standard InChI is InChI=1S/C36H33N5O5/c1-36(2,34(42)38-3)46-32-13-9-8-12-31(32)45-28-17-14-26(15-18-28)40-33-25(21-37)22-39-30-20-27(16-19-29(30)33)41(4)35(43)44-23-24-10-6-5-7-11-24/h5-20,22H,23H2,1-4H3,(H,38,42)(H,39,40). The first-order valence-electron chi connectivity index (χ1n) is 14.5. The van der Waals surface area contributed by atoms with Crippen LogP contribution in [0.5, 0.6) is 17.2 Å². The third-order valence-electron chi connectivity index (χ3n) is 7.18. The van der Waals surface area contributed by atoms with Crippen molar-refractivity contribution in [1.82, 2.24) is 10.3 Å². The lowest BCUT2D eigenvalue weighted by Crippen LogP contribution is -2.45. The number of nitriles is 1. The lowest BCUT2D eigenvalue weighted by molar-refractivity contribution is -0.133. The Bertz CT molecular complexity index is 1900. The van der Waals surface area contributed by atoms with Gasteiger partial charge in [-0.3, -0.25) is 14.7 Å². The Hall–Kier alpha value is -6.08. The number of aromatic nitrogens is 1. The number of pyridine rings is 1. The van der Waals surface area contributed by atoms with Gasteiger partial charge >= 0.3 is 6.09 Å². The first-order valence-corrected chi connectivity index (χ1v) is 14.5. The van der Waals surface area contributed by atoms with Crippen molar-refractivity contribution in [1.29, 1.82) is 5.26 Å². The Kier molecular flexibility index (Phi) is 9.33. The second-order valence-corrected chi connectivity index (χ2v) is 10.8. The molecule has 4 aromatic carbocycles. The number of nitrogens with zero attached hydrogens (tertiary/aromatic N) is 3. The Morgan fingerprint density at radius 3 is 2.33 bits per heavy atom. The summed E-state index contributed by atoms with van der Waals surface area (Å²) < 4.78 is 17.5. The fourth-order valence-corrected chi connectivity index (χ4v) is 4.65. The first-order chi connectivity index (χ1) is 22.2. The van der Waals surface area contributed by atoms with E-state index in [1.807, 2.05) is 54.6 Å². The summed E-state index contributed by atoms with van der Waals surface area (Å²) in [5, 5.41) is 16.5. The normalized spacial score (nSPS) is 10.8. The second kappa shape index (κ2) is 13.7. The molecule has 0 aliphatic heterocycles. The van der Waals surface area contributed by atoms with E-state index in [0.717, 1.165) is 5.56 Å². The number of amides is 2. The predicted molar refractivity (Wildman–Crippen MR) is 177 cm³/mol. The summed E-state index contributed by atoms with van der Waals surface area (Å²) in [5.74, 6) is 1.17. The summed E-state index contributed by atoms with van der Waals surface area (Å²) in [6, 6.07) is 31.4. The summed E-state index contributed by atoms with van der Waals surface area (Å²) in [5.41, 5.74) is 2.64. The van der Waals surface area contributed by atoms with E-state index in [0.29, 0.717) is 50.8 Å². The number of benzene rings is 4. The fourth-order valence-electron chi connectivity index (χ4n) is 4.65. The number of ether oxygens (including phenoxy) is 3. The smallest absolute Gasteiger partial charge is 0.414 e. The summed E-state index contributed by atoms with van der Waals surface area (Å²) in [4.78, 5) is 30.8. The number of hydrogen-bond acceptors (Lipinski definition) is 8. The highest BCUT2D eigenvalue weighted by atomic mass is 16.6. The number of carbonyl (C=O) groups is 2. The Morgan fingerprint density at radius 1 is 0.935 bits per heavy atom. The number of carbonyl (C=O) groups excluding carboxylic acids is 2. The molecule has 46 heavy (non-hydrogen) atoms. The zero-order valence-corrected chi connectivity index (χ0v) is 25.9. The van der Waals surface area contributed by atoms with Crippen molar-refractivity contribution in [3.8, 4) is 23.3 Å². The highest BCUT2D eigenvalue weighted by molar-refractivity contribution is 5.99. The molecule has 0 saturated heterocycles. The van der Waals surface area contributed by atoms with E-state index < -0.39 is 11.7 Å². The molecular weight excluding hydrogens is 582 g/mol. The van der Waals surface area contributed by atoms with Crippen molar-refractivity contribution >= 4 is 40.0 Å². The van der Waals surface area contributed by atoms with Gasteiger partial charge in [0, 0.05) is 37.1 Å². The predicted octanol–water partition coefficient (Wildman–Crippen LogP) is 7.32. The molecule has 5 rings (SSSR count). The van der Waals surface area contributed by atoms with Crippen molar-refractivity contribution in [2.45, 2.75) is 26.1 Å². The lowest BCUT2D eigenvalue weighted by Gasteiger charge is -2.25. The molecule has 0 saturated carbocycles. The van der Waals surface area contributed by atoms with Gasteiger partial charge in [-0.15, -0.1) is 0 Å². The molecule has 0 aliphatic carbocycles. The van der Waals surface area contributed by atoms with Gasteiger partial charge in [-0.25, -0.2) is 4.79 Å². The van der Waals surface area contributed by atoms with Crippen molar-refractivity contribution in [3.05, 3.63) is 114 Å². The topological polar surface area (TPSA) is 126 Å². The van der Waals surface area contributed by atoms with Gasteiger partial charge in [0.05, 0.1) is 16.8 Å². The van der Waals surface area contributed by atoms with Crippen LogP contribution in [0.2, 0.25) is 0 Å². The maximum absolute atomic E-state index is 12.7. The van der Waals surface area contributed by atoms with E-state index in [1.54, 1.807) is 70.4 Å². The van der Waals surface area contributed by atoms with Gasteiger partial charge in [-0.05, 0) is 74.0 Å². The van der Waals surface area contributed by atoms with Crippen LogP contribution in [0.25, 0.3) is 10.9 Å². The quantitative estimate of drug-likeness (QED) is 0.167. The van der Waals surface area contributed by atoms with Gasteiger partial charge in [0.25, 0.3) is 5.91 Å². The summed E-state index contributed by atoms with van der Waals surface area (Å²) >= 11 is 0. The van der Waals surface area contributed by atoms with Crippen molar-refractivity contribution in [2.24, 2.45) is 0 Å². The number of hydrogen-bond donors (Lipinski definition) is 2. The van der Waals surface area contributed by atoms with Crippen LogP contribution < -0.4 is 25.0 Å². The minimum atomic E-state index is -1.10. The number of anilines is 3. The molecule has 0 bridgehead atoms. The van der Waals surface area contributed by atoms with Crippen LogP contribution in [0.1, 0.15) is 25.0 Å². The molecular formula is C36H33N5O5. The molecule has 0 spiro atoms. The summed E-state index contributed by atoms with van der Waals surface area (Å²) in [6.45, 7) is 3.53. The van der Waals surface area contributed by atoms with Crippen LogP contribution in [-0.4, -0.2) is 36.7 Å². The zero-order chi connectivity index (χ0) is 32.7. The number of para-hydroxylation sites is 2. The molecule has 10 nitrogen and oxygen atoms in total. The van der Waals surface area contributed by atoms with Gasteiger partial charge in [-0.2, -0.15) is 5.26 Å². The Labute approximate surface area is 267 Å². The van der Waals surface area contributed by atoms with Crippen LogP contribution >= 0.6 is 0 Å². The largest absolute Gasteiger partial charge is 0.474 e. The van der Waals surface area contributed by atoms with Gasteiger partial charge in [0.1, 0.15) is 18.4 Å². The Morgan fingerprint density at radius 2 is 1.63 bits per heavy atom. The average Bonchev–Trinajstić information content (AvgIpc) is 3.08. The maximum Gasteiger partial charge on any atom is 0.414 e. The van der Waals surface area contributed by atoms with Crippen molar-refractivity contribution < 1.29 is 23.8 Å². The van der Waals surface area contributed by atoms with E-state index in [2.05, 4.69) is 21.7 Å². The first kappa shape index (κ1) is 31.3. The minimum Gasteiger partial charge on any atom is -0.474 e. The molecule has 0 radical (unpaired) electrons. The van der Waals surface area contributed by atoms with E-state index in [1.165, 1.54) is 11.1 Å². The van der Waals surface area contributed by atoms with E-state index in [4.69, 9.17) is 14.2 Å². The van der Waals surface area contributed by atoms with Gasteiger partial charge in [-0.1, -0.05) is 42.5 Å². The number of nitrogens with one attached hydrogen (secondary N) is 2. The van der Waals surface area contributed by atoms with Gasteiger partial charge < -0.3 is 24.8 Å². The SMILES string of the molecule is CNC(=O)C(C)(C)Oc1ccccc1Oc1ccc(Nc2c(C#N)cnc3cc(N(C)C(=O)OCc4ccccc4)ccc23)cc1. The third kappa shape index (κ3) is 7.17. The van der Waals surface area contributed by atoms with Crippen LogP contribution in [-0.2, 0) is 16.1 Å². The third-order valence-corrected chi connectivity index (χ3v) is 7.18. The zero-order valence-electron chi connectivity index (χ0n) is 25.9. The van der Waals surface area contributed by atoms with Crippen molar-refractivity contribution in [2.75, 3.05) is 24.3 Å². The molecule has 0 fully saturated rings.